The number of aryl methyl sites for hydroxylation is 2. The monoisotopic (exact) mass is 567 g/mol. The highest BCUT2D eigenvalue weighted by molar-refractivity contribution is 5.82. The first-order chi connectivity index (χ1) is 21.6. The Balaban J connectivity index is 1.42. The third kappa shape index (κ3) is 5.63. The fraction of sp³-hybridized carbons (Fsp3) is 0.0513. The fourth-order valence-corrected chi connectivity index (χ4v) is 5.32. The standard InChI is InChI=1S/C39H29N5/c1-26-14-15-27(2)35(22-26)33-23-32(28-16-18-31(19-17-28)36-40-20-9-21-41-36)24-34(25-33)39-43-37(29-10-5-3-6-11-29)42-38(44-39)30-12-7-4-8-13-30/h3-25H,1-2H3. The molecular formula is C39H29N5. The summed E-state index contributed by atoms with van der Waals surface area (Å²) in [6, 6.07) is 43.5. The molecule has 5 nitrogen and oxygen atoms in total. The normalized spacial score (nSPS) is 11.0. The summed E-state index contributed by atoms with van der Waals surface area (Å²) in [6.45, 7) is 4.28. The predicted molar refractivity (Wildman–Crippen MR) is 178 cm³/mol. The van der Waals surface area contributed by atoms with Gasteiger partial charge < -0.3 is 0 Å². The minimum Gasteiger partial charge on any atom is -0.237 e. The maximum atomic E-state index is 5.02. The summed E-state index contributed by atoms with van der Waals surface area (Å²) in [6.07, 6.45) is 3.52. The van der Waals surface area contributed by atoms with Crippen molar-refractivity contribution in [2.45, 2.75) is 13.8 Å². The highest BCUT2D eigenvalue weighted by Crippen LogP contribution is 2.35. The fourth-order valence-electron chi connectivity index (χ4n) is 5.32. The Morgan fingerprint density at radius 2 is 0.864 bits per heavy atom. The van der Waals surface area contributed by atoms with Gasteiger partial charge in [-0.15, -0.1) is 0 Å². The van der Waals surface area contributed by atoms with E-state index in [9.17, 15) is 0 Å². The van der Waals surface area contributed by atoms with Crippen LogP contribution in [0.1, 0.15) is 11.1 Å². The average Bonchev–Trinajstić information content (AvgIpc) is 3.10. The maximum absolute atomic E-state index is 5.02. The molecule has 0 unspecified atom stereocenters. The first-order valence-electron chi connectivity index (χ1n) is 14.6. The van der Waals surface area contributed by atoms with Crippen LogP contribution in [0.25, 0.3) is 67.8 Å². The summed E-state index contributed by atoms with van der Waals surface area (Å²) in [5, 5.41) is 0. The third-order valence-electron chi connectivity index (χ3n) is 7.64. The third-order valence-corrected chi connectivity index (χ3v) is 7.64. The van der Waals surface area contributed by atoms with Crippen LogP contribution in [0.15, 0.2) is 140 Å². The molecule has 0 N–H and O–H groups in total. The molecule has 0 atom stereocenters. The molecule has 5 heteroatoms. The Kier molecular flexibility index (Phi) is 7.27. The minimum atomic E-state index is 0.625. The lowest BCUT2D eigenvalue weighted by Gasteiger charge is -2.14. The number of aromatic nitrogens is 5. The van der Waals surface area contributed by atoms with Gasteiger partial charge in [0, 0.05) is 34.6 Å². The molecule has 2 aromatic heterocycles. The van der Waals surface area contributed by atoms with Crippen molar-refractivity contribution >= 4 is 0 Å². The SMILES string of the molecule is Cc1ccc(C)c(-c2cc(-c3ccc(-c4ncccn4)cc3)cc(-c3nc(-c4ccccc4)nc(-c4ccccc4)n3)c2)c1. The molecule has 0 bridgehead atoms. The molecule has 44 heavy (non-hydrogen) atoms. The van der Waals surface area contributed by atoms with Crippen LogP contribution in [0, 0.1) is 13.8 Å². The van der Waals surface area contributed by atoms with Crippen molar-refractivity contribution in [1.29, 1.82) is 0 Å². The van der Waals surface area contributed by atoms with Crippen molar-refractivity contribution in [3.05, 3.63) is 151 Å². The Morgan fingerprint density at radius 1 is 0.364 bits per heavy atom. The van der Waals surface area contributed by atoms with E-state index in [2.05, 4.69) is 84.5 Å². The molecule has 7 rings (SSSR count). The van der Waals surface area contributed by atoms with E-state index in [-0.39, 0.29) is 0 Å². The lowest BCUT2D eigenvalue weighted by atomic mass is 9.92. The van der Waals surface area contributed by atoms with Gasteiger partial charge in [-0.1, -0.05) is 109 Å². The van der Waals surface area contributed by atoms with E-state index in [4.69, 9.17) is 15.0 Å². The molecular weight excluding hydrogens is 538 g/mol. The van der Waals surface area contributed by atoms with E-state index in [0.717, 1.165) is 38.9 Å². The Labute approximate surface area is 257 Å². The molecule has 0 fully saturated rings. The zero-order valence-corrected chi connectivity index (χ0v) is 24.5. The topological polar surface area (TPSA) is 64.5 Å². The summed E-state index contributed by atoms with van der Waals surface area (Å²) >= 11 is 0. The maximum Gasteiger partial charge on any atom is 0.164 e. The van der Waals surface area contributed by atoms with Crippen LogP contribution in [-0.2, 0) is 0 Å². The summed E-state index contributed by atoms with van der Waals surface area (Å²) in [5.41, 5.74) is 10.6. The summed E-state index contributed by atoms with van der Waals surface area (Å²) in [4.78, 5) is 23.8. The zero-order valence-electron chi connectivity index (χ0n) is 24.5. The van der Waals surface area contributed by atoms with Gasteiger partial charge in [-0.2, -0.15) is 0 Å². The number of hydrogen-bond acceptors (Lipinski definition) is 5. The van der Waals surface area contributed by atoms with Crippen molar-refractivity contribution in [3.8, 4) is 67.8 Å². The predicted octanol–water partition coefficient (Wildman–Crippen LogP) is 9.28. The van der Waals surface area contributed by atoms with Crippen LogP contribution in [0.3, 0.4) is 0 Å². The second kappa shape index (κ2) is 11.8. The molecule has 0 radical (unpaired) electrons. The van der Waals surface area contributed by atoms with Gasteiger partial charge in [0.15, 0.2) is 23.3 Å². The van der Waals surface area contributed by atoms with Gasteiger partial charge in [0.2, 0.25) is 0 Å². The van der Waals surface area contributed by atoms with Crippen LogP contribution in [0.4, 0.5) is 0 Å². The molecule has 0 aliphatic heterocycles. The highest BCUT2D eigenvalue weighted by atomic mass is 15.0. The van der Waals surface area contributed by atoms with Crippen molar-refractivity contribution in [1.82, 2.24) is 24.9 Å². The van der Waals surface area contributed by atoms with Crippen LogP contribution in [-0.4, -0.2) is 24.9 Å². The van der Waals surface area contributed by atoms with Gasteiger partial charge in [-0.05, 0) is 65.9 Å². The van der Waals surface area contributed by atoms with E-state index in [1.54, 1.807) is 12.4 Å². The summed E-state index contributed by atoms with van der Waals surface area (Å²) < 4.78 is 0. The van der Waals surface area contributed by atoms with Gasteiger partial charge in [-0.3, -0.25) is 0 Å². The van der Waals surface area contributed by atoms with E-state index >= 15 is 0 Å². The van der Waals surface area contributed by atoms with Crippen molar-refractivity contribution < 1.29 is 0 Å². The van der Waals surface area contributed by atoms with Crippen LogP contribution < -0.4 is 0 Å². The highest BCUT2D eigenvalue weighted by Gasteiger charge is 2.15. The van der Waals surface area contributed by atoms with Gasteiger partial charge >= 0.3 is 0 Å². The first-order valence-corrected chi connectivity index (χ1v) is 14.6. The van der Waals surface area contributed by atoms with Crippen LogP contribution in [0.5, 0.6) is 0 Å². The van der Waals surface area contributed by atoms with E-state index < -0.39 is 0 Å². The quantitative estimate of drug-likeness (QED) is 0.200. The van der Waals surface area contributed by atoms with E-state index in [1.807, 2.05) is 66.7 Å². The lowest BCUT2D eigenvalue weighted by molar-refractivity contribution is 1.07. The van der Waals surface area contributed by atoms with Gasteiger partial charge in [0.05, 0.1) is 0 Å². The second-order valence-corrected chi connectivity index (χ2v) is 10.8. The average molecular weight is 568 g/mol. The summed E-state index contributed by atoms with van der Waals surface area (Å²) in [5.74, 6) is 2.61. The largest absolute Gasteiger partial charge is 0.237 e. The van der Waals surface area contributed by atoms with Crippen molar-refractivity contribution in [2.75, 3.05) is 0 Å². The number of nitrogens with zero attached hydrogens (tertiary/aromatic N) is 5. The molecule has 0 saturated heterocycles. The smallest absolute Gasteiger partial charge is 0.164 e. The minimum absolute atomic E-state index is 0.625. The molecule has 0 aliphatic rings. The van der Waals surface area contributed by atoms with Crippen molar-refractivity contribution in [2.24, 2.45) is 0 Å². The van der Waals surface area contributed by atoms with Crippen LogP contribution in [0.2, 0.25) is 0 Å². The molecule has 0 saturated carbocycles. The molecule has 0 amide bonds. The Hall–Kier alpha value is -5.81. The molecule has 210 valence electrons. The summed E-state index contributed by atoms with van der Waals surface area (Å²) in [7, 11) is 0. The van der Waals surface area contributed by atoms with Gasteiger partial charge in [-0.25, -0.2) is 24.9 Å². The Bertz CT molecular complexity index is 2000. The first kappa shape index (κ1) is 27.0. The van der Waals surface area contributed by atoms with Gasteiger partial charge in [0.25, 0.3) is 0 Å². The van der Waals surface area contributed by atoms with E-state index in [0.29, 0.717) is 23.3 Å². The van der Waals surface area contributed by atoms with Gasteiger partial charge in [0.1, 0.15) is 0 Å². The molecule has 7 aromatic rings. The van der Waals surface area contributed by atoms with Crippen molar-refractivity contribution in [3.63, 3.8) is 0 Å². The zero-order chi connectivity index (χ0) is 29.9. The molecule has 5 aromatic carbocycles. The lowest BCUT2D eigenvalue weighted by Crippen LogP contribution is -2.00. The Morgan fingerprint density at radius 3 is 1.48 bits per heavy atom. The molecule has 2 heterocycles. The van der Waals surface area contributed by atoms with Crippen LogP contribution >= 0.6 is 0 Å². The number of hydrogen-bond donors (Lipinski definition) is 0. The van der Waals surface area contributed by atoms with E-state index in [1.165, 1.54) is 16.7 Å². The molecule has 0 aliphatic carbocycles. The molecule has 0 spiro atoms. The number of benzene rings is 5. The number of rotatable bonds is 6. The second-order valence-electron chi connectivity index (χ2n) is 10.8.